The summed E-state index contributed by atoms with van der Waals surface area (Å²) in [5.74, 6) is 1.41. The minimum Gasteiger partial charge on any atom is -0.355 e. The Labute approximate surface area is 100 Å². The summed E-state index contributed by atoms with van der Waals surface area (Å²) in [5, 5.41) is 3.09. The summed E-state index contributed by atoms with van der Waals surface area (Å²) in [6.45, 7) is 0.819. The molecule has 15 heavy (non-hydrogen) atoms. The number of rotatable bonds is 4. The van der Waals surface area contributed by atoms with Crippen LogP contribution in [0.2, 0.25) is 0 Å². The first kappa shape index (κ1) is 11.4. The van der Waals surface area contributed by atoms with Crippen LogP contribution >= 0.6 is 15.9 Å². The standard InChI is InChI=1S/C12H20BrNO/c13-11(9-6-7-9)8-14-12(15)10-4-2-1-3-5-10/h9-11H,1-8H2,(H,14,15). The molecule has 0 bridgehead atoms. The minimum absolute atomic E-state index is 0.291. The van der Waals surface area contributed by atoms with E-state index in [1.807, 2.05) is 0 Å². The molecule has 1 unspecified atom stereocenters. The molecule has 0 aliphatic heterocycles. The lowest BCUT2D eigenvalue weighted by Gasteiger charge is -2.21. The first-order valence-corrected chi connectivity index (χ1v) is 7.10. The summed E-state index contributed by atoms with van der Waals surface area (Å²) in [4.78, 5) is 12.3. The van der Waals surface area contributed by atoms with Crippen LogP contribution in [-0.4, -0.2) is 17.3 Å². The fourth-order valence-electron chi connectivity index (χ4n) is 2.33. The second-order valence-electron chi connectivity index (χ2n) is 4.93. The van der Waals surface area contributed by atoms with Gasteiger partial charge in [0, 0.05) is 17.3 Å². The van der Waals surface area contributed by atoms with Crippen molar-refractivity contribution >= 4 is 21.8 Å². The number of alkyl halides is 1. The van der Waals surface area contributed by atoms with Crippen molar-refractivity contribution in [2.24, 2.45) is 11.8 Å². The Hall–Kier alpha value is -0.0500. The summed E-state index contributed by atoms with van der Waals surface area (Å²) < 4.78 is 0. The lowest BCUT2D eigenvalue weighted by molar-refractivity contribution is -0.125. The molecular weight excluding hydrogens is 254 g/mol. The molecule has 2 aliphatic carbocycles. The lowest BCUT2D eigenvalue weighted by Crippen LogP contribution is -2.36. The van der Waals surface area contributed by atoms with Crippen molar-refractivity contribution in [3.05, 3.63) is 0 Å². The normalized spacial score (nSPS) is 24.9. The zero-order chi connectivity index (χ0) is 10.7. The van der Waals surface area contributed by atoms with Gasteiger partial charge in [-0.1, -0.05) is 35.2 Å². The van der Waals surface area contributed by atoms with E-state index in [0.717, 1.165) is 25.3 Å². The molecule has 1 amide bonds. The maximum atomic E-state index is 11.8. The number of hydrogen-bond acceptors (Lipinski definition) is 1. The second-order valence-corrected chi connectivity index (χ2v) is 6.11. The summed E-state index contributed by atoms with van der Waals surface area (Å²) in [6.07, 6.45) is 8.64. The van der Waals surface area contributed by atoms with Crippen molar-refractivity contribution in [2.75, 3.05) is 6.54 Å². The van der Waals surface area contributed by atoms with Gasteiger partial charge in [-0.2, -0.15) is 0 Å². The second kappa shape index (κ2) is 5.33. The third-order valence-electron chi connectivity index (χ3n) is 3.58. The van der Waals surface area contributed by atoms with Crippen molar-refractivity contribution in [3.8, 4) is 0 Å². The van der Waals surface area contributed by atoms with Gasteiger partial charge in [0.1, 0.15) is 0 Å². The highest BCUT2D eigenvalue weighted by atomic mass is 79.9. The molecule has 1 atom stereocenters. The predicted molar refractivity (Wildman–Crippen MR) is 65.0 cm³/mol. The van der Waals surface area contributed by atoms with Crippen molar-refractivity contribution in [1.29, 1.82) is 0 Å². The van der Waals surface area contributed by atoms with Gasteiger partial charge >= 0.3 is 0 Å². The van der Waals surface area contributed by atoms with Gasteiger partial charge in [-0.3, -0.25) is 4.79 Å². The molecule has 0 aromatic carbocycles. The largest absolute Gasteiger partial charge is 0.355 e. The molecule has 0 spiro atoms. The van der Waals surface area contributed by atoms with E-state index in [1.54, 1.807) is 0 Å². The van der Waals surface area contributed by atoms with Crippen LogP contribution in [0.25, 0.3) is 0 Å². The molecular formula is C12H20BrNO. The van der Waals surface area contributed by atoms with Crippen LogP contribution in [0.4, 0.5) is 0 Å². The molecule has 2 nitrogen and oxygen atoms in total. The highest BCUT2D eigenvalue weighted by molar-refractivity contribution is 9.09. The van der Waals surface area contributed by atoms with Crippen LogP contribution in [0, 0.1) is 11.8 Å². The molecule has 3 heteroatoms. The van der Waals surface area contributed by atoms with Crippen LogP contribution in [0.5, 0.6) is 0 Å². The Morgan fingerprint density at radius 3 is 2.47 bits per heavy atom. The Bertz CT molecular complexity index is 222. The number of carbonyl (C=O) groups excluding carboxylic acids is 1. The number of carbonyl (C=O) groups is 1. The van der Waals surface area contributed by atoms with Crippen molar-refractivity contribution in [3.63, 3.8) is 0 Å². The van der Waals surface area contributed by atoms with Crippen molar-refractivity contribution in [2.45, 2.75) is 49.8 Å². The summed E-state index contributed by atoms with van der Waals surface area (Å²) >= 11 is 3.64. The van der Waals surface area contributed by atoms with Crippen LogP contribution in [0.15, 0.2) is 0 Å². The van der Waals surface area contributed by atoms with Crippen LogP contribution in [-0.2, 0) is 4.79 Å². The Kier molecular flexibility index (Phi) is 4.06. The maximum Gasteiger partial charge on any atom is 0.223 e. The third-order valence-corrected chi connectivity index (χ3v) is 4.65. The molecule has 0 radical (unpaired) electrons. The third kappa shape index (κ3) is 3.47. The van der Waals surface area contributed by atoms with E-state index in [4.69, 9.17) is 0 Å². The molecule has 1 N–H and O–H groups in total. The highest BCUT2D eigenvalue weighted by Crippen LogP contribution is 2.36. The number of nitrogens with one attached hydrogen (secondary N) is 1. The molecule has 2 rings (SSSR count). The molecule has 0 heterocycles. The van der Waals surface area contributed by atoms with E-state index >= 15 is 0 Å². The van der Waals surface area contributed by atoms with E-state index in [9.17, 15) is 4.79 Å². The Morgan fingerprint density at radius 2 is 1.87 bits per heavy atom. The number of halogens is 1. The fourth-order valence-corrected chi connectivity index (χ4v) is 3.02. The Morgan fingerprint density at radius 1 is 1.20 bits per heavy atom. The van der Waals surface area contributed by atoms with Gasteiger partial charge in [0.2, 0.25) is 5.91 Å². The summed E-state index contributed by atoms with van der Waals surface area (Å²) in [7, 11) is 0. The number of hydrogen-bond donors (Lipinski definition) is 1. The zero-order valence-corrected chi connectivity index (χ0v) is 10.8. The van der Waals surface area contributed by atoms with Gasteiger partial charge in [0.25, 0.3) is 0 Å². The van der Waals surface area contributed by atoms with Gasteiger partial charge < -0.3 is 5.32 Å². The molecule has 86 valence electrons. The SMILES string of the molecule is O=C(NCC(Br)C1CC1)C1CCCCC1. The van der Waals surface area contributed by atoms with Gasteiger partial charge in [0.05, 0.1) is 0 Å². The molecule has 2 saturated carbocycles. The van der Waals surface area contributed by atoms with Crippen molar-refractivity contribution in [1.82, 2.24) is 5.32 Å². The van der Waals surface area contributed by atoms with Gasteiger partial charge in [-0.25, -0.2) is 0 Å². The predicted octanol–water partition coefficient (Wildman–Crippen LogP) is 2.86. The molecule has 2 fully saturated rings. The van der Waals surface area contributed by atoms with E-state index < -0.39 is 0 Å². The molecule has 0 saturated heterocycles. The van der Waals surface area contributed by atoms with Gasteiger partial charge in [-0.15, -0.1) is 0 Å². The summed E-state index contributed by atoms with van der Waals surface area (Å²) in [5.41, 5.74) is 0. The average molecular weight is 274 g/mol. The quantitative estimate of drug-likeness (QED) is 0.785. The first-order valence-electron chi connectivity index (χ1n) is 6.19. The molecule has 0 aromatic heterocycles. The first-order chi connectivity index (χ1) is 7.27. The monoisotopic (exact) mass is 273 g/mol. The van der Waals surface area contributed by atoms with Crippen LogP contribution in [0.1, 0.15) is 44.9 Å². The van der Waals surface area contributed by atoms with Crippen molar-refractivity contribution < 1.29 is 4.79 Å². The zero-order valence-electron chi connectivity index (χ0n) is 9.18. The van der Waals surface area contributed by atoms with E-state index in [2.05, 4.69) is 21.2 Å². The average Bonchev–Trinajstić information content (AvgIpc) is 3.10. The smallest absolute Gasteiger partial charge is 0.223 e. The topological polar surface area (TPSA) is 29.1 Å². The molecule has 0 aromatic rings. The van der Waals surface area contributed by atoms with Gasteiger partial charge in [-0.05, 0) is 31.6 Å². The van der Waals surface area contributed by atoms with Gasteiger partial charge in [0.15, 0.2) is 0 Å². The van der Waals surface area contributed by atoms with Crippen LogP contribution < -0.4 is 5.32 Å². The van der Waals surface area contributed by atoms with Crippen LogP contribution in [0.3, 0.4) is 0 Å². The highest BCUT2D eigenvalue weighted by Gasteiger charge is 2.30. The number of amides is 1. The summed E-state index contributed by atoms with van der Waals surface area (Å²) in [6, 6.07) is 0. The van der Waals surface area contributed by atoms with E-state index in [-0.39, 0.29) is 0 Å². The van der Waals surface area contributed by atoms with E-state index in [0.29, 0.717) is 16.7 Å². The fraction of sp³-hybridized carbons (Fsp3) is 0.917. The lowest BCUT2D eigenvalue weighted by atomic mass is 9.89. The van der Waals surface area contributed by atoms with E-state index in [1.165, 1.54) is 32.1 Å². The minimum atomic E-state index is 0.291. The molecule has 2 aliphatic rings. The Balaban J connectivity index is 1.66. The maximum absolute atomic E-state index is 11.8.